The Morgan fingerprint density at radius 2 is 2.11 bits per heavy atom. The zero-order chi connectivity index (χ0) is 13.7. The first kappa shape index (κ1) is 13.7. The summed E-state index contributed by atoms with van der Waals surface area (Å²) >= 11 is 0. The van der Waals surface area contributed by atoms with Crippen LogP contribution in [0.5, 0.6) is 0 Å². The molecule has 0 atom stereocenters. The normalized spacial score (nSPS) is 17.2. The van der Waals surface area contributed by atoms with E-state index in [1.54, 1.807) is 12.1 Å². The van der Waals surface area contributed by atoms with Crippen LogP contribution in [0.1, 0.15) is 43.1 Å². The molecule has 0 aliphatic heterocycles. The molecule has 6 nitrogen and oxygen atoms in total. The molecular weight excluding hydrogens is 244 g/mol. The van der Waals surface area contributed by atoms with Gasteiger partial charge in [-0.25, -0.2) is 0 Å². The van der Waals surface area contributed by atoms with Crippen molar-refractivity contribution in [2.24, 2.45) is 0 Å². The van der Waals surface area contributed by atoms with Gasteiger partial charge < -0.3 is 15.7 Å². The molecule has 1 amide bonds. The van der Waals surface area contributed by atoms with Gasteiger partial charge in [-0.1, -0.05) is 12.8 Å². The molecule has 1 aromatic rings. The second-order valence-electron chi connectivity index (χ2n) is 4.95. The standard InChI is InChI=1S/C13H20N4O2/c1-2-14-12(18)10-5-6-11(17-16-10)15-9-13(19)7-3-4-8-13/h5-6,19H,2-4,7-9H2,1H3,(H,14,18)(H,15,17). The molecule has 1 aliphatic rings. The first-order chi connectivity index (χ1) is 9.13. The Morgan fingerprint density at radius 3 is 2.68 bits per heavy atom. The molecule has 0 unspecified atom stereocenters. The van der Waals surface area contributed by atoms with Crippen LogP contribution >= 0.6 is 0 Å². The molecule has 0 saturated heterocycles. The van der Waals surface area contributed by atoms with Crippen LogP contribution in [-0.2, 0) is 0 Å². The number of rotatable bonds is 5. The highest BCUT2D eigenvalue weighted by Gasteiger charge is 2.30. The molecule has 0 spiro atoms. The van der Waals surface area contributed by atoms with Crippen molar-refractivity contribution in [3.05, 3.63) is 17.8 Å². The molecule has 19 heavy (non-hydrogen) atoms. The molecule has 1 aliphatic carbocycles. The minimum Gasteiger partial charge on any atom is -0.388 e. The summed E-state index contributed by atoms with van der Waals surface area (Å²) in [7, 11) is 0. The summed E-state index contributed by atoms with van der Waals surface area (Å²) in [6.45, 7) is 2.89. The minimum atomic E-state index is -0.625. The first-order valence-corrected chi connectivity index (χ1v) is 6.71. The van der Waals surface area contributed by atoms with Crippen molar-refractivity contribution in [2.75, 3.05) is 18.4 Å². The van der Waals surface area contributed by atoms with E-state index >= 15 is 0 Å². The average molecular weight is 264 g/mol. The van der Waals surface area contributed by atoms with Gasteiger partial charge in [0, 0.05) is 13.1 Å². The number of amides is 1. The third kappa shape index (κ3) is 3.64. The van der Waals surface area contributed by atoms with Crippen molar-refractivity contribution in [3.8, 4) is 0 Å². The minimum absolute atomic E-state index is 0.226. The number of anilines is 1. The lowest BCUT2D eigenvalue weighted by Crippen LogP contribution is -2.33. The fourth-order valence-electron chi connectivity index (χ4n) is 2.26. The van der Waals surface area contributed by atoms with E-state index in [2.05, 4.69) is 20.8 Å². The number of aromatic nitrogens is 2. The number of carbonyl (C=O) groups excluding carboxylic acids is 1. The van der Waals surface area contributed by atoms with E-state index in [0.717, 1.165) is 25.7 Å². The molecular formula is C13H20N4O2. The van der Waals surface area contributed by atoms with Crippen LogP contribution in [0.4, 0.5) is 5.82 Å². The van der Waals surface area contributed by atoms with E-state index in [1.807, 2.05) is 6.92 Å². The second kappa shape index (κ2) is 5.97. The van der Waals surface area contributed by atoms with Crippen LogP contribution in [-0.4, -0.2) is 39.9 Å². The third-order valence-corrected chi connectivity index (χ3v) is 3.37. The SMILES string of the molecule is CCNC(=O)c1ccc(NCC2(O)CCCC2)nn1. The highest BCUT2D eigenvalue weighted by molar-refractivity contribution is 5.92. The van der Waals surface area contributed by atoms with Crippen molar-refractivity contribution in [3.63, 3.8) is 0 Å². The molecule has 1 heterocycles. The Bertz CT molecular complexity index is 427. The van der Waals surface area contributed by atoms with Gasteiger partial charge in [-0.2, -0.15) is 0 Å². The lowest BCUT2D eigenvalue weighted by molar-refractivity contribution is 0.0613. The van der Waals surface area contributed by atoms with E-state index in [9.17, 15) is 9.90 Å². The third-order valence-electron chi connectivity index (χ3n) is 3.37. The highest BCUT2D eigenvalue weighted by Crippen LogP contribution is 2.29. The number of hydrogen-bond donors (Lipinski definition) is 3. The van der Waals surface area contributed by atoms with Gasteiger partial charge in [0.2, 0.25) is 0 Å². The number of nitrogens with one attached hydrogen (secondary N) is 2. The Balaban J connectivity index is 1.90. The van der Waals surface area contributed by atoms with E-state index in [-0.39, 0.29) is 5.91 Å². The van der Waals surface area contributed by atoms with Gasteiger partial charge in [0.1, 0.15) is 5.82 Å². The molecule has 2 rings (SSSR count). The van der Waals surface area contributed by atoms with Gasteiger partial charge in [-0.15, -0.1) is 10.2 Å². The summed E-state index contributed by atoms with van der Waals surface area (Å²) in [4.78, 5) is 11.5. The Hall–Kier alpha value is -1.69. The monoisotopic (exact) mass is 264 g/mol. The zero-order valence-electron chi connectivity index (χ0n) is 11.1. The Morgan fingerprint density at radius 1 is 1.37 bits per heavy atom. The first-order valence-electron chi connectivity index (χ1n) is 6.71. The molecule has 0 radical (unpaired) electrons. The van der Waals surface area contributed by atoms with Crippen LogP contribution in [0.2, 0.25) is 0 Å². The summed E-state index contributed by atoms with van der Waals surface area (Å²) in [6, 6.07) is 3.33. The lowest BCUT2D eigenvalue weighted by Gasteiger charge is -2.22. The lowest BCUT2D eigenvalue weighted by atomic mass is 10.0. The van der Waals surface area contributed by atoms with Crippen molar-refractivity contribution in [1.29, 1.82) is 0 Å². The molecule has 1 fully saturated rings. The zero-order valence-corrected chi connectivity index (χ0v) is 11.1. The Kier molecular flexibility index (Phi) is 4.31. The fraction of sp³-hybridized carbons (Fsp3) is 0.615. The maximum atomic E-state index is 11.5. The predicted molar refractivity (Wildman–Crippen MR) is 71.9 cm³/mol. The molecule has 104 valence electrons. The fourth-order valence-corrected chi connectivity index (χ4v) is 2.26. The van der Waals surface area contributed by atoms with Crippen molar-refractivity contribution < 1.29 is 9.90 Å². The summed E-state index contributed by atoms with van der Waals surface area (Å²) in [5, 5.41) is 23.7. The van der Waals surface area contributed by atoms with Gasteiger partial charge in [0.25, 0.3) is 5.91 Å². The number of aliphatic hydroxyl groups is 1. The smallest absolute Gasteiger partial charge is 0.271 e. The van der Waals surface area contributed by atoms with Crippen LogP contribution in [0, 0.1) is 0 Å². The van der Waals surface area contributed by atoms with Gasteiger partial charge in [-0.05, 0) is 31.9 Å². The molecule has 1 saturated carbocycles. The van der Waals surface area contributed by atoms with Crippen LogP contribution in [0.3, 0.4) is 0 Å². The van der Waals surface area contributed by atoms with E-state index < -0.39 is 5.60 Å². The van der Waals surface area contributed by atoms with Gasteiger partial charge in [-0.3, -0.25) is 4.79 Å². The van der Waals surface area contributed by atoms with Crippen molar-refractivity contribution in [2.45, 2.75) is 38.2 Å². The average Bonchev–Trinajstić information content (AvgIpc) is 2.85. The van der Waals surface area contributed by atoms with Crippen molar-refractivity contribution >= 4 is 11.7 Å². The molecule has 6 heteroatoms. The maximum Gasteiger partial charge on any atom is 0.271 e. The predicted octanol–water partition coefficient (Wildman–Crippen LogP) is 0.943. The largest absolute Gasteiger partial charge is 0.388 e. The number of carbonyl (C=O) groups is 1. The van der Waals surface area contributed by atoms with Crippen molar-refractivity contribution in [1.82, 2.24) is 15.5 Å². The van der Waals surface area contributed by atoms with Crippen LogP contribution in [0.25, 0.3) is 0 Å². The summed E-state index contributed by atoms with van der Waals surface area (Å²) < 4.78 is 0. The number of nitrogens with zero attached hydrogens (tertiary/aromatic N) is 2. The molecule has 0 aromatic carbocycles. The van der Waals surface area contributed by atoms with E-state index in [4.69, 9.17) is 0 Å². The summed E-state index contributed by atoms with van der Waals surface area (Å²) in [5.41, 5.74) is -0.327. The molecule has 1 aromatic heterocycles. The quantitative estimate of drug-likeness (QED) is 0.737. The summed E-state index contributed by atoms with van der Waals surface area (Å²) in [6.07, 6.45) is 3.79. The summed E-state index contributed by atoms with van der Waals surface area (Å²) in [5.74, 6) is 0.351. The molecule has 3 N–H and O–H groups in total. The number of hydrogen-bond acceptors (Lipinski definition) is 5. The maximum absolute atomic E-state index is 11.5. The topological polar surface area (TPSA) is 87.1 Å². The highest BCUT2D eigenvalue weighted by atomic mass is 16.3. The second-order valence-corrected chi connectivity index (χ2v) is 4.95. The van der Waals surface area contributed by atoms with Crippen LogP contribution < -0.4 is 10.6 Å². The van der Waals surface area contributed by atoms with Gasteiger partial charge in [0.15, 0.2) is 5.69 Å². The van der Waals surface area contributed by atoms with Crippen LogP contribution in [0.15, 0.2) is 12.1 Å². The van der Waals surface area contributed by atoms with E-state index in [0.29, 0.717) is 24.6 Å². The van der Waals surface area contributed by atoms with E-state index in [1.165, 1.54) is 0 Å². The molecule has 0 bridgehead atoms. The van der Waals surface area contributed by atoms with Gasteiger partial charge in [0.05, 0.1) is 5.60 Å². The Labute approximate surface area is 112 Å². The van der Waals surface area contributed by atoms with Gasteiger partial charge >= 0.3 is 0 Å².